The lowest BCUT2D eigenvalue weighted by molar-refractivity contribution is -0.120. The lowest BCUT2D eigenvalue weighted by Gasteiger charge is -2.34. The van der Waals surface area contributed by atoms with Crippen LogP contribution in [0.25, 0.3) is 10.2 Å². The van der Waals surface area contributed by atoms with E-state index < -0.39 is 0 Å². The lowest BCUT2D eigenvalue weighted by Crippen LogP contribution is -2.48. The van der Waals surface area contributed by atoms with E-state index >= 15 is 0 Å². The monoisotopic (exact) mass is 456 g/mol. The lowest BCUT2D eigenvalue weighted by atomic mass is 10.3. The van der Waals surface area contributed by atoms with Crippen molar-refractivity contribution in [2.45, 2.75) is 11.3 Å². The second-order valence-electron chi connectivity index (χ2n) is 7.39. The van der Waals surface area contributed by atoms with E-state index in [1.54, 1.807) is 30.2 Å². The van der Waals surface area contributed by atoms with Crippen LogP contribution in [0.4, 0.5) is 5.13 Å². The Morgan fingerprint density at radius 3 is 2.71 bits per heavy atom. The Labute approximate surface area is 191 Å². The van der Waals surface area contributed by atoms with E-state index in [-0.39, 0.29) is 5.91 Å². The number of anilines is 1. The summed E-state index contributed by atoms with van der Waals surface area (Å²) in [7, 11) is 1.69. The van der Waals surface area contributed by atoms with Crippen LogP contribution in [0, 0.1) is 0 Å². The van der Waals surface area contributed by atoms with Gasteiger partial charge in [-0.25, -0.2) is 4.98 Å². The first-order valence-corrected chi connectivity index (χ1v) is 12.4. The van der Waals surface area contributed by atoms with Crippen LogP contribution in [0.1, 0.15) is 6.42 Å². The third-order valence-electron chi connectivity index (χ3n) is 5.32. The van der Waals surface area contributed by atoms with Crippen LogP contribution < -0.4 is 15.0 Å². The van der Waals surface area contributed by atoms with E-state index in [4.69, 9.17) is 9.72 Å². The van der Waals surface area contributed by atoms with Crippen molar-refractivity contribution in [2.24, 2.45) is 0 Å². The van der Waals surface area contributed by atoms with Crippen molar-refractivity contribution in [1.29, 1.82) is 0 Å². The number of nitrogens with one attached hydrogen (secondary N) is 1. The number of thioether (sulfide) groups is 1. The maximum atomic E-state index is 12.1. The molecule has 2 heterocycles. The molecule has 0 radical (unpaired) electrons. The van der Waals surface area contributed by atoms with Crippen molar-refractivity contribution in [3.05, 3.63) is 48.5 Å². The predicted molar refractivity (Wildman–Crippen MR) is 130 cm³/mol. The Kier molecular flexibility index (Phi) is 7.66. The highest BCUT2D eigenvalue weighted by Crippen LogP contribution is 2.34. The molecule has 1 aliphatic rings. The van der Waals surface area contributed by atoms with Gasteiger partial charge in [-0.3, -0.25) is 9.69 Å². The van der Waals surface area contributed by atoms with Gasteiger partial charge in [0.25, 0.3) is 0 Å². The van der Waals surface area contributed by atoms with Crippen molar-refractivity contribution in [2.75, 3.05) is 57.0 Å². The van der Waals surface area contributed by atoms with Crippen molar-refractivity contribution >= 4 is 44.4 Å². The largest absolute Gasteiger partial charge is 0.494 e. The number of piperazine rings is 1. The molecule has 1 aromatic heterocycles. The number of nitrogens with zero attached hydrogens (tertiary/aromatic N) is 3. The van der Waals surface area contributed by atoms with Crippen LogP contribution in [0.3, 0.4) is 0 Å². The number of para-hydroxylation sites is 1. The molecule has 0 saturated carbocycles. The van der Waals surface area contributed by atoms with Gasteiger partial charge < -0.3 is 15.0 Å². The highest BCUT2D eigenvalue weighted by molar-refractivity contribution is 7.99. The third kappa shape index (κ3) is 5.90. The van der Waals surface area contributed by atoms with Crippen LogP contribution in [0.2, 0.25) is 0 Å². The van der Waals surface area contributed by atoms with Gasteiger partial charge >= 0.3 is 0 Å². The number of rotatable bonds is 9. The molecule has 3 aromatic rings. The normalized spacial score (nSPS) is 14.7. The summed E-state index contributed by atoms with van der Waals surface area (Å²) in [6, 6.07) is 16.3. The van der Waals surface area contributed by atoms with E-state index in [2.05, 4.69) is 33.3 Å². The van der Waals surface area contributed by atoms with E-state index in [9.17, 15) is 4.79 Å². The Hall–Kier alpha value is -2.29. The van der Waals surface area contributed by atoms with Crippen LogP contribution in [0.15, 0.2) is 53.4 Å². The molecule has 4 rings (SSSR count). The number of thiazole rings is 1. The summed E-state index contributed by atoms with van der Waals surface area (Å²) in [5.41, 5.74) is 0.945. The van der Waals surface area contributed by atoms with Crippen molar-refractivity contribution in [3.63, 3.8) is 0 Å². The molecule has 1 amide bonds. The fourth-order valence-corrected chi connectivity index (χ4v) is 5.50. The molecule has 1 saturated heterocycles. The molecule has 164 valence electrons. The molecule has 6 nitrogen and oxygen atoms in total. The molecule has 0 unspecified atom stereocenters. The topological polar surface area (TPSA) is 57.7 Å². The van der Waals surface area contributed by atoms with E-state index in [0.29, 0.717) is 13.0 Å². The molecule has 1 fully saturated rings. The minimum absolute atomic E-state index is 0.130. The predicted octanol–water partition coefficient (Wildman–Crippen LogP) is 3.73. The number of fused-ring (bicyclic) bond motifs is 1. The molecule has 0 aliphatic carbocycles. The van der Waals surface area contributed by atoms with Gasteiger partial charge in [0.2, 0.25) is 5.91 Å². The average molecular weight is 457 g/mol. The Bertz CT molecular complexity index is 988. The summed E-state index contributed by atoms with van der Waals surface area (Å²) < 4.78 is 6.59. The van der Waals surface area contributed by atoms with Crippen molar-refractivity contribution < 1.29 is 9.53 Å². The number of carbonyl (C=O) groups is 1. The van der Waals surface area contributed by atoms with E-state index in [1.807, 2.05) is 30.3 Å². The second-order valence-corrected chi connectivity index (χ2v) is 9.57. The third-order valence-corrected chi connectivity index (χ3v) is 7.42. The number of aromatic nitrogens is 1. The van der Waals surface area contributed by atoms with Gasteiger partial charge in [0.15, 0.2) is 5.13 Å². The van der Waals surface area contributed by atoms with Gasteiger partial charge in [-0.2, -0.15) is 0 Å². The van der Waals surface area contributed by atoms with Crippen molar-refractivity contribution in [1.82, 2.24) is 15.2 Å². The Balaban J connectivity index is 1.16. The Morgan fingerprint density at radius 1 is 1.13 bits per heavy atom. The zero-order valence-electron chi connectivity index (χ0n) is 17.8. The standard InChI is InChI=1S/C23H28N4O2S2/c1-29-19-8-5-9-20-22(19)25-23(31-20)27-15-13-26(14-16-27)12-11-24-21(28)10-17-30-18-6-3-2-4-7-18/h2-9H,10-17H2,1H3,(H,24,28). The minimum atomic E-state index is 0.130. The molecule has 0 bridgehead atoms. The fraction of sp³-hybridized carbons (Fsp3) is 0.391. The molecule has 1 aliphatic heterocycles. The average Bonchev–Trinajstić information content (AvgIpc) is 3.25. The minimum Gasteiger partial charge on any atom is -0.494 e. The summed E-state index contributed by atoms with van der Waals surface area (Å²) in [5.74, 6) is 1.77. The summed E-state index contributed by atoms with van der Waals surface area (Å²) in [6.45, 7) is 5.44. The number of carbonyl (C=O) groups excluding carboxylic acids is 1. The van der Waals surface area contributed by atoms with Crippen LogP contribution in [-0.2, 0) is 4.79 Å². The van der Waals surface area contributed by atoms with Gasteiger partial charge in [0.05, 0.1) is 11.8 Å². The number of benzene rings is 2. The molecular weight excluding hydrogens is 428 g/mol. The summed E-state index contributed by atoms with van der Waals surface area (Å²) in [4.78, 5) is 22.9. The summed E-state index contributed by atoms with van der Waals surface area (Å²) >= 11 is 3.44. The fourth-order valence-electron chi connectivity index (χ4n) is 3.59. The van der Waals surface area contributed by atoms with Gasteiger partial charge in [0.1, 0.15) is 11.3 Å². The quantitative estimate of drug-likeness (QED) is 0.495. The van der Waals surface area contributed by atoms with Gasteiger partial charge in [-0.05, 0) is 24.3 Å². The molecule has 0 spiro atoms. The molecule has 8 heteroatoms. The van der Waals surface area contributed by atoms with Crippen LogP contribution >= 0.6 is 23.1 Å². The van der Waals surface area contributed by atoms with Gasteiger partial charge in [-0.1, -0.05) is 35.6 Å². The first-order chi connectivity index (χ1) is 15.2. The highest BCUT2D eigenvalue weighted by Gasteiger charge is 2.20. The second kappa shape index (κ2) is 10.8. The van der Waals surface area contributed by atoms with E-state index in [0.717, 1.165) is 59.6 Å². The maximum Gasteiger partial charge on any atom is 0.220 e. The molecule has 1 N–H and O–H groups in total. The SMILES string of the molecule is COc1cccc2sc(N3CCN(CCNC(=O)CCSc4ccccc4)CC3)nc12. The van der Waals surface area contributed by atoms with Crippen LogP contribution in [0.5, 0.6) is 5.75 Å². The maximum absolute atomic E-state index is 12.1. The molecule has 31 heavy (non-hydrogen) atoms. The number of amides is 1. The highest BCUT2D eigenvalue weighted by atomic mass is 32.2. The van der Waals surface area contributed by atoms with Gasteiger partial charge in [-0.15, -0.1) is 11.8 Å². The summed E-state index contributed by atoms with van der Waals surface area (Å²) in [6.07, 6.45) is 0.550. The van der Waals surface area contributed by atoms with Crippen LogP contribution in [-0.4, -0.2) is 67.9 Å². The van der Waals surface area contributed by atoms with E-state index in [1.165, 1.54) is 4.90 Å². The molecular formula is C23H28N4O2S2. The number of ether oxygens (including phenoxy) is 1. The first-order valence-electron chi connectivity index (χ1n) is 10.6. The molecule has 0 atom stereocenters. The smallest absolute Gasteiger partial charge is 0.220 e. The molecule has 2 aromatic carbocycles. The first kappa shape index (κ1) is 21.9. The zero-order chi connectivity index (χ0) is 21.5. The number of methoxy groups -OCH3 is 1. The van der Waals surface area contributed by atoms with Crippen molar-refractivity contribution in [3.8, 4) is 5.75 Å². The Morgan fingerprint density at radius 2 is 1.94 bits per heavy atom. The summed E-state index contributed by atoms with van der Waals surface area (Å²) in [5, 5.41) is 4.12. The van der Waals surface area contributed by atoms with Gasteiger partial charge in [0, 0.05) is 56.3 Å². The zero-order valence-corrected chi connectivity index (χ0v) is 19.4. The number of hydrogen-bond acceptors (Lipinski definition) is 7. The number of hydrogen-bond donors (Lipinski definition) is 1.